The topological polar surface area (TPSA) is 122 Å². The van der Waals surface area contributed by atoms with Gasteiger partial charge in [-0.2, -0.15) is 0 Å². The Morgan fingerprint density at radius 1 is 1.33 bits per heavy atom. The van der Waals surface area contributed by atoms with E-state index in [4.69, 9.17) is 10.8 Å². The van der Waals surface area contributed by atoms with Gasteiger partial charge in [-0.3, -0.25) is 4.79 Å². The molecule has 1 unspecified atom stereocenters. The van der Waals surface area contributed by atoms with Crippen LogP contribution < -0.4 is 16.4 Å². The van der Waals surface area contributed by atoms with E-state index in [1.165, 1.54) is 11.8 Å². The van der Waals surface area contributed by atoms with Crippen LogP contribution in [-0.2, 0) is 9.59 Å². The first-order valence-corrected chi connectivity index (χ1v) is 7.38. The van der Waals surface area contributed by atoms with Gasteiger partial charge in [-0.15, -0.1) is 11.8 Å². The fourth-order valence-electron chi connectivity index (χ4n) is 1.61. The van der Waals surface area contributed by atoms with Crippen LogP contribution in [0.4, 0.5) is 10.5 Å². The first-order chi connectivity index (χ1) is 9.93. The van der Waals surface area contributed by atoms with Gasteiger partial charge in [-0.25, -0.2) is 9.59 Å². The number of thioether (sulfide) groups is 1. The van der Waals surface area contributed by atoms with Crippen LogP contribution in [0.25, 0.3) is 0 Å². The van der Waals surface area contributed by atoms with Gasteiger partial charge in [-0.05, 0) is 24.8 Å². The summed E-state index contributed by atoms with van der Waals surface area (Å²) < 4.78 is 0. The van der Waals surface area contributed by atoms with Crippen molar-refractivity contribution in [1.82, 2.24) is 5.32 Å². The Balaban J connectivity index is 2.65. The number of rotatable bonds is 7. The zero-order valence-electron chi connectivity index (χ0n) is 11.5. The number of nitrogens with two attached hydrogens (primary N) is 1. The molecule has 0 saturated heterocycles. The van der Waals surface area contributed by atoms with Crippen LogP contribution in [-0.4, -0.2) is 35.3 Å². The highest BCUT2D eigenvalue weighted by atomic mass is 32.2. The van der Waals surface area contributed by atoms with Gasteiger partial charge >= 0.3 is 12.0 Å². The lowest BCUT2D eigenvalue weighted by molar-refractivity contribution is -0.139. The molecule has 7 nitrogen and oxygen atoms in total. The van der Waals surface area contributed by atoms with Crippen LogP contribution in [0, 0.1) is 0 Å². The van der Waals surface area contributed by atoms with Crippen molar-refractivity contribution >= 4 is 35.4 Å². The highest BCUT2D eigenvalue weighted by molar-refractivity contribution is 7.98. The van der Waals surface area contributed by atoms with Crippen LogP contribution >= 0.6 is 11.8 Å². The molecule has 21 heavy (non-hydrogen) atoms. The van der Waals surface area contributed by atoms with Gasteiger partial charge in [0.05, 0.1) is 5.69 Å². The summed E-state index contributed by atoms with van der Waals surface area (Å²) in [6, 6.07) is 5.33. The van der Waals surface area contributed by atoms with Crippen molar-refractivity contribution < 1.29 is 19.5 Å². The predicted molar refractivity (Wildman–Crippen MR) is 80.2 cm³/mol. The molecule has 1 atom stereocenters. The van der Waals surface area contributed by atoms with Crippen LogP contribution in [0.15, 0.2) is 29.2 Å². The van der Waals surface area contributed by atoms with E-state index in [9.17, 15) is 14.4 Å². The number of aliphatic carboxylic acids is 1. The number of carboxylic acids is 1. The van der Waals surface area contributed by atoms with E-state index in [1.54, 1.807) is 12.1 Å². The number of anilines is 1. The Labute approximate surface area is 126 Å². The standard InChI is InChI=1S/C13H17N3O4S/c1-21-10-5-3-2-4-8(10)15-13(20)16-9(12(18)19)6-7-11(14)17/h2-5,9H,6-7H2,1H3,(H2,14,17)(H,18,19)(H2,15,16,20). The molecule has 0 aliphatic rings. The Hall–Kier alpha value is -2.22. The molecule has 0 saturated carbocycles. The second-order valence-electron chi connectivity index (χ2n) is 4.19. The third-order valence-corrected chi connectivity index (χ3v) is 3.43. The summed E-state index contributed by atoms with van der Waals surface area (Å²) in [6.45, 7) is 0. The number of primary amides is 1. The summed E-state index contributed by atoms with van der Waals surface area (Å²) in [5.41, 5.74) is 5.55. The SMILES string of the molecule is CSc1ccccc1NC(=O)NC(CCC(N)=O)C(=O)O. The van der Waals surface area contributed by atoms with E-state index in [0.717, 1.165) is 4.90 Å². The van der Waals surface area contributed by atoms with E-state index in [-0.39, 0.29) is 12.8 Å². The van der Waals surface area contributed by atoms with E-state index >= 15 is 0 Å². The molecule has 0 aromatic heterocycles. The van der Waals surface area contributed by atoms with Crippen molar-refractivity contribution in [3.63, 3.8) is 0 Å². The number of hydrogen-bond donors (Lipinski definition) is 4. The molecule has 114 valence electrons. The number of nitrogens with one attached hydrogen (secondary N) is 2. The Morgan fingerprint density at radius 2 is 2.00 bits per heavy atom. The molecule has 0 spiro atoms. The molecule has 5 N–H and O–H groups in total. The molecule has 0 heterocycles. The van der Waals surface area contributed by atoms with E-state index in [2.05, 4.69) is 10.6 Å². The predicted octanol–water partition coefficient (Wildman–Crippen LogP) is 1.25. The maximum atomic E-state index is 11.8. The molecule has 1 aromatic carbocycles. The third kappa shape index (κ3) is 5.74. The number of benzene rings is 1. The first-order valence-electron chi connectivity index (χ1n) is 6.15. The minimum atomic E-state index is -1.22. The van der Waals surface area contributed by atoms with Crippen LogP contribution in [0.2, 0.25) is 0 Å². The van der Waals surface area contributed by atoms with Crippen molar-refractivity contribution in [3.8, 4) is 0 Å². The summed E-state index contributed by atoms with van der Waals surface area (Å²) in [5, 5.41) is 13.9. The molecule has 0 bridgehead atoms. The summed E-state index contributed by atoms with van der Waals surface area (Å²) >= 11 is 1.46. The third-order valence-electron chi connectivity index (χ3n) is 2.64. The van der Waals surface area contributed by atoms with Gasteiger partial charge in [0.1, 0.15) is 6.04 Å². The quantitative estimate of drug-likeness (QED) is 0.565. The van der Waals surface area contributed by atoms with Crippen molar-refractivity contribution in [2.45, 2.75) is 23.8 Å². The smallest absolute Gasteiger partial charge is 0.326 e. The van der Waals surface area contributed by atoms with Crippen molar-refractivity contribution in [1.29, 1.82) is 0 Å². The zero-order chi connectivity index (χ0) is 15.8. The Morgan fingerprint density at radius 3 is 2.57 bits per heavy atom. The highest BCUT2D eigenvalue weighted by Crippen LogP contribution is 2.24. The fourth-order valence-corrected chi connectivity index (χ4v) is 2.16. The van der Waals surface area contributed by atoms with Gasteiger partial charge in [0.2, 0.25) is 5.91 Å². The second-order valence-corrected chi connectivity index (χ2v) is 5.04. The second kappa shape index (κ2) is 8.15. The van der Waals surface area contributed by atoms with E-state index in [1.807, 2.05) is 18.4 Å². The average molecular weight is 311 g/mol. The molecule has 0 fully saturated rings. The van der Waals surface area contributed by atoms with E-state index in [0.29, 0.717) is 5.69 Å². The van der Waals surface area contributed by atoms with Crippen molar-refractivity contribution in [2.24, 2.45) is 5.73 Å². The molecule has 8 heteroatoms. The maximum absolute atomic E-state index is 11.8. The summed E-state index contributed by atoms with van der Waals surface area (Å²) in [4.78, 5) is 34.4. The molecule has 0 radical (unpaired) electrons. The number of carbonyl (C=O) groups excluding carboxylic acids is 2. The first kappa shape index (κ1) is 16.8. The average Bonchev–Trinajstić information content (AvgIpc) is 2.43. The minimum Gasteiger partial charge on any atom is -0.480 e. The van der Waals surface area contributed by atoms with Gasteiger partial charge in [0.15, 0.2) is 0 Å². The number of amides is 3. The Kier molecular flexibility index (Phi) is 6.54. The number of hydrogen-bond acceptors (Lipinski definition) is 4. The van der Waals surface area contributed by atoms with Gasteiger partial charge < -0.3 is 21.5 Å². The number of para-hydroxylation sites is 1. The van der Waals surface area contributed by atoms with Gasteiger partial charge in [0.25, 0.3) is 0 Å². The summed E-state index contributed by atoms with van der Waals surface area (Å²) in [6.07, 6.45) is 1.70. The molecule has 0 aliphatic heterocycles. The van der Waals surface area contributed by atoms with E-state index < -0.39 is 23.9 Å². The monoisotopic (exact) mass is 311 g/mol. The molecule has 1 aromatic rings. The van der Waals surface area contributed by atoms with Crippen LogP contribution in [0.5, 0.6) is 0 Å². The van der Waals surface area contributed by atoms with Crippen LogP contribution in [0.1, 0.15) is 12.8 Å². The van der Waals surface area contributed by atoms with Gasteiger partial charge in [-0.1, -0.05) is 12.1 Å². The Bertz CT molecular complexity index is 536. The van der Waals surface area contributed by atoms with Crippen molar-refractivity contribution in [3.05, 3.63) is 24.3 Å². The van der Waals surface area contributed by atoms with Crippen LogP contribution in [0.3, 0.4) is 0 Å². The van der Waals surface area contributed by atoms with Gasteiger partial charge in [0, 0.05) is 11.3 Å². The molecule has 0 aliphatic carbocycles. The lowest BCUT2D eigenvalue weighted by Crippen LogP contribution is -2.43. The normalized spacial score (nSPS) is 11.5. The minimum absolute atomic E-state index is 0.0533. The summed E-state index contributed by atoms with van der Waals surface area (Å²) in [7, 11) is 0. The zero-order valence-corrected chi connectivity index (χ0v) is 12.3. The van der Waals surface area contributed by atoms with Crippen molar-refractivity contribution in [2.75, 3.05) is 11.6 Å². The molecule has 3 amide bonds. The lowest BCUT2D eigenvalue weighted by atomic mass is 10.1. The molecule has 1 rings (SSSR count). The number of urea groups is 1. The maximum Gasteiger partial charge on any atom is 0.326 e. The molecular formula is C13H17N3O4S. The highest BCUT2D eigenvalue weighted by Gasteiger charge is 2.20. The molecular weight excluding hydrogens is 294 g/mol. The number of carbonyl (C=O) groups is 3. The number of carboxylic acid groups (broad SMARTS) is 1. The lowest BCUT2D eigenvalue weighted by Gasteiger charge is -2.15. The largest absolute Gasteiger partial charge is 0.480 e. The summed E-state index contributed by atoms with van der Waals surface area (Å²) in [5.74, 6) is -1.83. The fraction of sp³-hybridized carbons (Fsp3) is 0.308.